The first-order chi connectivity index (χ1) is 5.55. The SMILES string of the molecule is NCC1(O)OC(CO)C(O)C1O. The predicted octanol–water partition coefficient (Wildman–Crippen LogP) is -3.25. The highest BCUT2D eigenvalue weighted by molar-refractivity contribution is 4.95. The van der Waals surface area contributed by atoms with E-state index < -0.39 is 30.7 Å². The molecule has 72 valence electrons. The maximum absolute atomic E-state index is 9.37. The van der Waals surface area contributed by atoms with E-state index in [1.54, 1.807) is 0 Å². The van der Waals surface area contributed by atoms with E-state index in [-0.39, 0.29) is 6.54 Å². The third-order valence-corrected chi connectivity index (χ3v) is 1.99. The van der Waals surface area contributed by atoms with Crippen molar-refractivity contribution in [1.29, 1.82) is 0 Å². The topological polar surface area (TPSA) is 116 Å². The molecular weight excluding hydrogens is 166 g/mol. The number of hydrogen-bond acceptors (Lipinski definition) is 6. The highest BCUT2D eigenvalue weighted by Gasteiger charge is 2.52. The standard InChI is InChI=1S/C6H13NO5/c7-2-6(11)5(10)4(9)3(1-8)12-6/h3-5,8-11H,1-2,7H2. The monoisotopic (exact) mass is 179 g/mol. The second-order valence-electron chi connectivity index (χ2n) is 2.82. The molecule has 0 saturated carbocycles. The van der Waals surface area contributed by atoms with Crippen LogP contribution in [0.2, 0.25) is 0 Å². The Hall–Kier alpha value is -0.240. The summed E-state index contributed by atoms with van der Waals surface area (Å²) in [5.74, 6) is -1.94. The van der Waals surface area contributed by atoms with Crippen molar-refractivity contribution in [3.05, 3.63) is 0 Å². The molecule has 0 bridgehead atoms. The molecule has 1 saturated heterocycles. The quantitative estimate of drug-likeness (QED) is 0.304. The van der Waals surface area contributed by atoms with E-state index in [0.29, 0.717) is 0 Å². The van der Waals surface area contributed by atoms with Gasteiger partial charge in [-0.2, -0.15) is 0 Å². The molecular formula is C6H13NO5. The summed E-state index contributed by atoms with van der Waals surface area (Å²) in [7, 11) is 0. The number of rotatable bonds is 2. The number of ether oxygens (including phenoxy) is 1. The summed E-state index contributed by atoms with van der Waals surface area (Å²) < 4.78 is 4.75. The minimum absolute atomic E-state index is 0.332. The number of hydrogen-bond donors (Lipinski definition) is 5. The molecule has 4 unspecified atom stereocenters. The van der Waals surface area contributed by atoms with Crippen LogP contribution in [-0.4, -0.2) is 57.7 Å². The summed E-state index contributed by atoms with van der Waals surface area (Å²) in [5, 5.41) is 36.4. The molecule has 0 spiro atoms. The molecule has 0 aromatic heterocycles. The Morgan fingerprint density at radius 2 is 2.00 bits per heavy atom. The molecule has 0 radical (unpaired) electrons. The van der Waals surface area contributed by atoms with Crippen LogP contribution in [0.4, 0.5) is 0 Å². The third kappa shape index (κ3) is 1.33. The Morgan fingerprint density at radius 3 is 2.25 bits per heavy atom. The van der Waals surface area contributed by atoms with Crippen LogP contribution in [0.5, 0.6) is 0 Å². The van der Waals surface area contributed by atoms with Gasteiger partial charge in [-0.25, -0.2) is 0 Å². The molecule has 6 N–H and O–H groups in total. The van der Waals surface area contributed by atoms with Crippen molar-refractivity contribution >= 4 is 0 Å². The summed E-state index contributed by atoms with van der Waals surface area (Å²) in [6, 6.07) is 0. The van der Waals surface area contributed by atoms with E-state index in [1.807, 2.05) is 0 Å². The molecule has 0 aliphatic carbocycles. The summed E-state index contributed by atoms with van der Waals surface area (Å²) >= 11 is 0. The molecule has 1 aliphatic heterocycles. The Balaban J connectivity index is 2.72. The molecule has 1 heterocycles. The fraction of sp³-hybridized carbons (Fsp3) is 1.00. The third-order valence-electron chi connectivity index (χ3n) is 1.99. The molecule has 4 atom stereocenters. The van der Waals surface area contributed by atoms with Gasteiger partial charge in [0.25, 0.3) is 0 Å². The van der Waals surface area contributed by atoms with Crippen LogP contribution in [0.3, 0.4) is 0 Å². The normalized spacial score (nSPS) is 48.2. The molecule has 1 aliphatic rings. The van der Waals surface area contributed by atoms with Gasteiger partial charge >= 0.3 is 0 Å². The zero-order valence-electron chi connectivity index (χ0n) is 6.42. The predicted molar refractivity (Wildman–Crippen MR) is 38.0 cm³/mol. The van der Waals surface area contributed by atoms with E-state index in [9.17, 15) is 15.3 Å². The van der Waals surface area contributed by atoms with Crippen molar-refractivity contribution in [1.82, 2.24) is 0 Å². The second-order valence-corrected chi connectivity index (χ2v) is 2.82. The number of aliphatic hydroxyl groups is 4. The Kier molecular flexibility index (Phi) is 2.67. The molecule has 0 aromatic carbocycles. The zero-order chi connectivity index (χ0) is 9.35. The van der Waals surface area contributed by atoms with Gasteiger partial charge in [0, 0.05) is 6.54 Å². The summed E-state index contributed by atoms with van der Waals surface area (Å²) in [6.45, 7) is -0.803. The highest BCUT2D eigenvalue weighted by atomic mass is 16.7. The fourth-order valence-corrected chi connectivity index (χ4v) is 1.19. The van der Waals surface area contributed by atoms with Crippen LogP contribution in [0.1, 0.15) is 0 Å². The van der Waals surface area contributed by atoms with Crippen LogP contribution in [0.25, 0.3) is 0 Å². The Bertz CT molecular complexity index is 166. The van der Waals surface area contributed by atoms with Gasteiger partial charge in [-0.05, 0) is 0 Å². The summed E-state index contributed by atoms with van der Waals surface area (Å²) in [4.78, 5) is 0. The first-order valence-corrected chi connectivity index (χ1v) is 3.62. The maximum Gasteiger partial charge on any atom is 0.207 e. The lowest BCUT2D eigenvalue weighted by molar-refractivity contribution is -0.222. The lowest BCUT2D eigenvalue weighted by Crippen LogP contribution is -2.48. The van der Waals surface area contributed by atoms with Gasteiger partial charge < -0.3 is 30.9 Å². The van der Waals surface area contributed by atoms with Crippen LogP contribution >= 0.6 is 0 Å². The van der Waals surface area contributed by atoms with Gasteiger partial charge in [0.1, 0.15) is 18.3 Å². The molecule has 6 nitrogen and oxygen atoms in total. The van der Waals surface area contributed by atoms with Gasteiger partial charge in [-0.15, -0.1) is 0 Å². The smallest absolute Gasteiger partial charge is 0.207 e. The van der Waals surface area contributed by atoms with Gasteiger partial charge in [0.15, 0.2) is 0 Å². The molecule has 0 aromatic rings. The van der Waals surface area contributed by atoms with Gasteiger partial charge in [0.2, 0.25) is 5.79 Å². The molecule has 1 rings (SSSR count). The first-order valence-electron chi connectivity index (χ1n) is 3.62. The number of aliphatic hydroxyl groups excluding tert-OH is 3. The lowest BCUT2D eigenvalue weighted by Gasteiger charge is -2.23. The van der Waals surface area contributed by atoms with Crippen LogP contribution in [-0.2, 0) is 4.74 Å². The minimum atomic E-state index is -1.94. The highest BCUT2D eigenvalue weighted by Crippen LogP contribution is 2.27. The van der Waals surface area contributed by atoms with E-state index in [4.69, 9.17) is 15.6 Å². The van der Waals surface area contributed by atoms with Crippen molar-refractivity contribution in [2.75, 3.05) is 13.2 Å². The minimum Gasteiger partial charge on any atom is -0.394 e. The summed E-state index contributed by atoms with van der Waals surface area (Å²) in [5.41, 5.74) is 5.11. The van der Waals surface area contributed by atoms with E-state index in [1.165, 1.54) is 0 Å². The average molecular weight is 179 g/mol. The molecule has 12 heavy (non-hydrogen) atoms. The molecule has 0 amide bonds. The molecule has 6 heteroatoms. The van der Waals surface area contributed by atoms with Gasteiger partial charge in [0.05, 0.1) is 6.61 Å². The van der Waals surface area contributed by atoms with Crippen LogP contribution in [0.15, 0.2) is 0 Å². The average Bonchev–Trinajstić information content (AvgIpc) is 2.31. The summed E-state index contributed by atoms with van der Waals surface area (Å²) in [6.07, 6.45) is -3.75. The van der Waals surface area contributed by atoms with Crippen molar-refractivity contribution in [2.45, 2.75) is 24.1 Å². The van der Waals surface area contributed by atoms with Crippen molar-refractivity contribution in [3.63, 3.8) is 0 Å². The van der Waals surface area contributed by atoms with Gasteiger partial charge in [-0.3, -0.25) is 0 Å². The van der Waals surface area contributed by atoms with Crippen molar-refractivity contribution in [2.24, 2.45) is 5.73 Å². The molecule has 1 fully saturated rings. The van der Waals surface area contributed by atoms with Gasteiger partial charge in [-0.1, -0.05) is 0 Å². The zero-order valence-corrected chi connectivity index (χ0v) is 6.42. The lowest BCUT2D eigenvalue weighted by atomic mass is 10.1. The largest absolute Gasteiger partial charge is 0.394 e. The Labute approximate surface area is 69.2 Å². The first kappa shape index (κ1) is 9.85. The van der Waals surface area contributed by atoms with E-state index >= 15 is 0 Å². The number of nitrogens with two attached hydrogens (primary N) is 1. The second kappa shape index (κ2) is 3.25. The van der Waals surface area contributed by atoms with Crippen LogP contribution in [0, 0.1) is 0 Å². The fourth-order valence-electron chi connectivity index (χ4n) is 1.19. The van der Waals surface area contributed by atoms with Crippen molar-refractivity contribution < 1.29 is 25.2 Å². The Morgan fingerprint density at radius 1 is 1.42 bits per heavy atom. The maximum atomic E-state index is 9.37. The van der Waals surface area contributed by atoms with E-state index in [0.717, 1.165) is 0 Å². The van der Waals surface area contributed by atoms with Crippen molar-refractivity contribution in [3.8, 4) is 0 Å². The van der Waals surface area contributed by atoms with E-state index in [2.05, 4.69) is 0 Å². The van der Waals surface area contributed by atoms with Crippen LogP contribution < -0.4 is 5.73 Å².